The summed E-state index contributed by atoms with van der Waals surface area (Å²) in [6, 6.07) is 0. The molecule has 0 saturated carbocycles. The van der Waals surface area contributed by atoms with E-state index in [0.29, 0.717) is 0 Å². The molecule has 18 heteroatoms. The minimum Gasteiger partial charge on any atom is -0.234 e. The number of alkyl halides is 18. The first-order valence-electron chi connectivity index (χ1n) is 9.81. The van der Waals surface area contributed by atoms with E-state index in [0.717, 1.165) is 0 Å². The number of hydrogen-bond donors (Lipinski definition) is 0. The van der Waals surface area contributed by atoms with E-state index in [1.165, 1.54) is 22.6 Å². The molecule has 0 rings (SSSR count). The van der Waals surface area contributed by atoms with Gasteiger partial charge in [0.25, 0.3) is 11.8 Å². The summed E-state index contributed by atoms with van der Waals surface area (Å²) in [6.07, 6.45) is -36.9. The van der Waals surface area contributed by atoms with Gasteiger partial charge in [-0.3, -0.25) is 0 Å². The van der Waals surface area contributed by atoms with Crippen LogP contribution in [0.3, 0.4) is 0 Å². The summed E-state index contributed by atoms with van der Waals surface area (Å²) in [5.74, 6) is -20.4. The van der Waals surface area contributed by atoms with E-state index in [1.54, 1.807) is 0 Å². The first-order chi connectivity index (χ1) is 15.5. The molecule has 0 fully saturated rings. The first-order valence-corrected chi connectivity index (χ1v) is 11.3. The fraction of sp³-hybridized carbons (Fsp3) is 1.00. The maximum atomic E-state index is 14.0. The van der Waals surface area contributed by atoms with E-state index in [1.807, 2.05) is 0 Å². The molecule has 0 aliphatic heterocycles. The van der Waals surface area contributed by atoms with Crippen molar-refractivity contribution in [2.75, 3.05) is 4.43 Å². The molecule has 0 aliphatic rings. The molecule has 0 saturated heterocycles. The van der Waals surface area contributed by atoms with Gasteiger partial charge in [0.2, 0.25) is 5.67 Å². The third kappa shape index (κ3) is 11.9. The van der Waals surface area contributed by atoms with E-state index in [9.17, 15) is 74.6 Å². The molecular formula is C18H20F17I. The molecular weight excluding hydrogens is 666 g/mol. The Morgan fingerprint density at radius 2 is 0.917 bits per heavy atom. The maximum absolute atomic E-state index is 14.0. The Morgan fingerprint density at radius 1 is 0.528 bits per heavy atom. The predicted octanol–water partition coefficient (Wildman–Crippen LogP) is 9.86. The topological polar surface area (TPSA) is 0 Å². The summed E-state index contributed by atoms with van der Waals surface area (Å²) in [5.41, 5.74) is -4.73. The third-order valence-electron chi connectivity index (χ3n) is 5.23. The SMILES string of the molecule is CC(F)(CC(F)(F)CC(F)(F)CC(CC(CC(CCI)C(F)(F)F)C(F)(F)F)C(F)(F)F)C(F)(F)F. The Balaban J connectivity index is 5.91. The molecule has 0 spiro atoms. The second kappa shape index (κ2) is 11.7. The van der Waals surface area contributed by atoms with E-state index in [2.05, 4.69) is 0 Å². The van der Waals surface area contributed by atoms with Crippen molar-refractivity contribution >= 4 is 22.6 Å². The Morgan fingerprint density at radius 3 is 1.25 bits per heavy atom. The molecule has 0 aromatic rings. The summed E-state index contributed by atoms with van der Waals surface area (Å²) < 4.78 is 224. The van der Waals surface area contributed by atoms with Crippen LogP contribution in [-0.2, 0) is 0 Å². The lowest BCUT2D eigenvalue weighted by Crippen LogP contribution is -2.45. The highest BCUT2D eigenvalue weighted by molar-refractivity contribution is 14.1. The smallest absolute Gasteiger partial charge is 0.234 e. The van der Waals surface area contributed by atoms with Crippen molar-refractivity contribution in [1.82, 2.24) is 0 Å². The van der Waals surface area contributed by atoms with E-state index in [4.69, 9.17) is 0 Å². The Kier molecular flexibility index (Phi) is 11.6. The van der Waals surface area contributed by atoms with Crippen LogP contribution >= 0.6 is 22.6 Å². The first kappa shape index (κ1) is 35.5. The third-order valence-corrected chi connectivity index (χ3v) is 5.85. The summed E-state index contributed by atoms with van der Waals surface area (Å²) >= 11 is 1.36. The lowest BCUT2D eigenvalue weighted by atomic mass is 9.82. The monoisotopic (exact) mass is 686 g/mol. The zero-order valence-corrected chi connectivity index (χ0v) is 20.1. The second-order valence-corrected chi connectivity index (χ2v) is 9.71. The van der Waals surface area contributed by atoms with Gasteiger partial charge >= 0.3 is 24.7 Å². The highest BCUT2D eigenvalue weighted by atomic mass is 127. The molecule has 36 heavy (non-hydrogen) atoms. The second-order valence-electron chi connectivity index (χ2n) is 8.63. The molecule has 218 valence electrons. The summed E-state index contributed by atoms with van der Waals surface area (Å²) in [6.45, 7) is -0.432. The summed E-state index contributed by atoms with van der Waals surface area (Å²) in [7, 11) is 0. The molecule has 0 aromatic heterocycles. The van der Waals surface area contributed by atoms with Gasteiger partial charge in [-0.1, -0.05) is 22.6 Å². The fourth-order valence-corrected chi connectivity index (χ4v) is 4.14. The average molecular weight is 686 g/mol. The molecule has 0 aliphatic carbocycles. The Hall–Kier alpha value is -0.460. The molecule has 0 bridgehead atoms. The zero-order valence-electron chi connectivity index (χ0n) is 18.0. The lowest BCUT2D eigenvalue weighted by Gasteiger charge is -2.33. The Bertz CT molecular complexity index is 671. The standard InChI is InChI=1S/C18H20F17I/c1-12(19,18(33,34)35)7-14(22,23)8-13(20,21)6-11(17(30,31)32)5-10(16(27,28)29)4-9(2-3-36)15(24,25)26/h9-11H,2-8H2,1H3. The van der Waals surface area contributed by atoms with Gasteiger partial charge < -0.3 is 0 Å². The fourth-order valence-electron chi connectivity index (χ4n) is 3.39. The number of hydrogen-bond acceptors (Lipinski definition) is 0. The van der Waals surface area contributed by atoms with Gasteiger partial charge in [-0.25, -0.2) is 22.0 Å². The lowest BCUT2D eigenvalue weighted by molar-refractivity contribution is -0.254. The molecule has 0 amide bonds. The molecule has 0 heterocycles. The quantitative estimate of drug-likeness (QED) is 0.109. The molecule has 0 radical (unpaired) electrons. The summed E-state index contributed by atoms with van der Waals surface area (Å²) in [4.78, 5) is 0. The van der Waals surface area contributed by atoms with Gasteiger partial charge in [0.1, 0.15) is 0 Å². The zero-order chi connectivity index (χ0) is 29.2. The normalized spacial score (nSPS) is 19.1. The van der Waals surface area contributed by atoms with Crippen LogP contribution in [0.2, 0.25) is 0 Å². The Labute approximate surface area is 207 Å². The number of rotatable bonds is 12. The van der Waals surface area contributed by atoms with Crippen molar-refractivity contribution in [2.24, 2.45) is 17.8 Å². The van der Waals surface area contributed by atoms with Crippen molar-refractivity contribution in [1.29, 1.82) is 0 Å². The molecule has 0 aromatic carbocycles. The van der Waals surface area contributed by atoms with Gasteiger partial charge in [0, 0.05) is 10.8 Å². The van der Waals surface area contributed by atoms with Crippen molar-refractivity contribution < 1.29 is 74.6 Å². The van der Waals surface area contributed by atoms with Gasteiger partial charge in [0.15, 0.2) is 0 Å². The highest BCUT2D eigenvalue weighted by Gasteiger charge is 2.60. The molecule has 0 nitrogen and oxygen atoms in total. The van der Waals surface area contributed by atoms with Crippen LogP contribution in [0, 0.1) is 17.8 Å². The van der Waals surface area contributed by atoms with Gasteiger partial charge in [-0.05, 0) is 26.2 Å². The minimum atomic E-state index is -5.97. The van der Waals surface area contributed by atoms with Crippen LogP contribution < -0.4 is 0 Å². The van der Waals surface area contributed by atoms with E-state index in [-0.39, 0.29) is 4.43 Å². The van der Waals surface area contributed by atoms with Crippen molar-refractivity contribution in [3.63, 3.8) is 0 Å². The van der Waals surface area contributed by atoms with Crippen LogP contribution in [-0.4, -0.2) is 46.6 Å². The van der Waals surface area contributed by atoms with Gasteiger partial charge in [-0.15, -0.1) is 0 Å². The van der Waals surface area contributed by atoms with Crippen LogP contribution in [0.25, 0.3) is 0 Å². The van der Waals surface area contributed by atoms with Gasteiger partial charge in [-0.2, -0.15) is 52.7 Å². The molecule has 0 N–H and O–H groups in total. The molecule has 4 unspecified atom stereocenters. The van der Waals surface area contributed by atoms with Crippen LogP contribution in [0.1, 0.15) is 45.4 Å². The predicted molar refractivity (Wildman–Crippen MR) is 101 cm³/mol. The van der Waals surface area contributed by atoms with E-state index < -0.39 is 105 Å². The minimum absolute atomic E-state index is 0.353. The average Bonchev–Trinajstić information content (AvgIpc) is 2.53. The van der Waals surface area contributed by atoms with Gasteiger partial charge in [0.05, 0.1) is 30.6 Å². The van der Waals surface area contributed by atoms with Crippen molar-refractivity contribution in [3.8, 4) is 0 Å². The van der Waals surface area contributed by atoms with E-state index >= 15 is 0 Å². The number of halogens is 18. The van der Waals surface area contributed by atoms with Crippen LogP contribution in [0.5, 0.6) is 0 Å². The van der Waals surface area contributed by atoms with Crippen molar-refractivity contribution in [3.05, 3.63) is 0 Å². The van der Waals surface area contributed by atoms with Crippen molar-refractivity contribution in [2.45, 2.75) is 87.7 Å². The molecule has 4 atom stereocenters. The largest absolute Gasteiger partial charge is 0.422 e. The van der Waals surface area contributed by atoms with Crippen LogP contribution in [0.4, 0.5) is 74.6 Å². The maximum Gasteiger partial charge on any atom is 0.422 e. The van der Waals surface area contributed by atoms with Crippen LogP contribution in [0.15, 0.2) is 0 Å². The summed E-state index contributed by atoms with van der Waals surface area (Å²) in [5, 5.41) is 0. The highest BCUT2D eigenvalue weighted by Crippen LogP contribution is 2.50.